The van der Waals surface area contributed by atoms with Crippen LogP contribution in [0.4, 0.5) is 0 Å². The van der Waals surface area contributed by atoms with Crippen LogP contribution in [0.2, 0.25) is 0 Å². The van der Waals surface area contributed by atoms with Gasteiger partial charge in [-0.15, -0.1) is 0 Å². The van der Waals surface area contributed by atoms with Crippen LogP contribution < -0.4 is 0 Å². The van der Waals surface area contributed by atoms with Crippen LogP contribution in [0.5, 0.6) is 0 Å². The monoisotopic (exact) mass is 218 g/mol. The summed E-state index contributed by atoms with van der Waals surface area (Å²) in [7, 11) is 1.81. The van der Waals surface area contributed by atoms with E-state index in [4.69, 9.17) is 0 Å². The number of aliphatic imine (C=N–C) groups is 1. The zero-order valence-corrected chi connectivity index (χ0v) is 10.9. The molecule has 1 aromatic rings. The molecule has 1 rings (SSSR count). The van der Waals surface area contributed by atoms with E-state index in [2.05, 4.69) is 16.9 Å². The first-order valence-corrected chi connectivity index (χ1v) is 5.80. The van der Waals surface area contributed by atoms with Gasteiger partial charge in [-0.25, -0.2) is 0 Å². The van der Waals surface area contributed by atoms with E-state index in [0.717, 1.165) is 11.4 Å². The second-order valence-electron chi connectivity index (χ2n) is 3.12. The molecular weight excluding hydrogens is 196 g/mol. The molecule has 1 aromatic heterocycles. The highest BCUT2D eigenvalue weighted by Crippen LogP contribution is 2.14. The third-order valence-electron chi connectivity index (χ3n) is 2.17. The average Bonchev–Trinajstić information content (AvgIpc) is 2.38. The maximum Gasteiger partial charge on any atom is 0.0491 e. The van der Waals surface area contributed by atoms with Gasteiger partial charge in [-0.05, 0) is 25.1 Å². The van der Waals surface area contributed by atoms with E-state index in [-0.39, 0.29) is 5.92 Å². The van der Waals surface area contributed by atoms with Crippen LogP contribution >= 0.6 is 0 Å². The lowest BCUT2D eigenvalue weighted by Crippen LogP contribution is -2.07. The Balaban J connectivity index is 0.00000106. The van der Waals surface area contributed by atoms with Crippen molar-refractivity contribution < 1.29 is 0 Å². The van der Waals surface area contributed by atoms with Crippen molar-refractivity contribution >= 4 is 5.71 Å². The standard InChI is InChI=1S/C12H16N2.C2H6/c1-4-7-11(13-3)10(2)12-8-5-6-9-14-12;1-2/h4-10H,1-3H3;1-2H3/b7-4-,13-11?;. The summed E-state index contributed by atoms with van der Waals surface area (Å²) < 4.78 is 0. The number of nitrogens with zero attached hydrogens (tertiary/aromatic N) is 2. The average molecular weight is 218 g/mol. The minimum Gasteiger partial charge on any atom is -0.292 e. The van der Waals surface area contributed by atoms with E-state index in [1.807, 2.05) is 64.4 Å². The molecule has 0 aliphatic heterocycles. The molecular formula is C14H22N2. The molecule has 2 heteroatoms. The summed E-state index contributed by atoms with van der Waals surface area (Å²) >= 11 is 0. The van der Waals surface area contributed by atoms with Crippen molar-refractivity contribution in [3.8, 4) is 0 Å². The van der Waals surface area contributed by atoms with Gasteiger partial charge in [0.15, 0.2) is 0 Å². The van der Waals surface area contributed by atoms with Gasteiger partial charge in [0, 0.05) is 30.6 Å². The summed E-state index contributed by atoms with van der Waals surface area (Å²) in [5, 5.41) is 0. The van der Waals surface area contributed by atoms with Gasteiger partial charge in [0.25, 0.3) is 0 Å². The molecule has 1 atom stereocenters. The molecule has 2 nitrogen and oxygen atoms in total. The molecule has 16 heavy (non-hydrogen) atoms. The number of allylic oxidation sites excluding steroid dienone is 2. The molecule has 1 unspecified atom stereocenters. The maximum absolute atomic E-state index is 4.32. The number of hydrogen-bond donors (Lipinski definition) is 0. The Kier molecular flexibility index (Phi) is 8.04. The van der Waals surface area contributed by atoms with Crippen molar-refractivity contribution in [2.75, 3.05) is 7.05 Å². The first kappa shape index (κ1) is 14.6. The second kappa shape index (κ2) is 8.84. The summed E-state index contributed by atoms with van der Waals surface area (Å²) in [5.41, 5.74) is 2.12. The fraction of sp³-hybridized carbons (Fsp3) is 0.429. The third kappa shape index (κ3) is 4.39. The first-order valence-electron chi connectivity index (χ1n) is 5.80. The summed E-state index contributed by atoms with van der Waals surface area (Å²) in [6.07, 6.45) is 5.84. The Morgan fingerprint density at radius 1 is 1.38 bits per heavy atom. The van der Waals surface area contributed by atoms with Gasteiger partial charge in [-0.3, -0.25) is 9.98 Å². The predicted molar refractivity (Wildman–Crippen MR) is 72.2 cm³/mol. The molecule has 0 bridgehead atoms. The van der Waals surface area contributed by atoms with E-state index in [1.165, 1.54) is 0 Å². The predicted octanol–water partition coefficient (Wildman–Crippen LogP) is 3.86. The fourth-order valence-electron chi connectivity index (χ4n) is 1.37. The topological polar surface area (TPSA) is 25.2 Å². The van der Waals surface area contributed by atoms with Crippen LogP contribution in [0.3, 0.4) is 0 Å². The zero-order chi connectivity index (χ0) is 12.4. The summed E-state index contributed by atoms with van der Waals surface area (Å²) in [6, 6.07) is 5.95. The number of hydrogen-bond acceptors (Lipinski definition) is 2. The summed E-state index contributed by atoms with van der Waals surface area (Å²) in [6.45, 7) is 8.11. The lowest BCUT2D eigenvalue weighted by atomic mass is 10.0. The number of rotatable bonds is 3. The SMILES string of the molecule is C/C=C\C(=NC)C(C)c1ccccn1.CC. The van der Waals surface area contributed by atoms with E-state index < -0.39 is 0 Å². The highest BCUT2D eigenvalue weighted by Gasteiger charge is 2.10. The minimum atomic E-state index is 0.261. The van der Waals surface area contributed by atoms with Crippen LogP contribution in [-0.2, 0) is 0 Å². The normalized spacial score (nSPS) is 13.2. The summed E-state index contributed by atoms with van der Waals surface area (Å²) in [4.78, 5) is 8.56. The molecule has 0 aliphatic carbocycles. The van der Waals surface area contributed by atoms with Crippen molar-refractivity contribution in [3.05, 3.63) is 42.2 Å². The Bertz CT molecular complexity index is 326. The van der Waals surface area contributed by atoms with E-state index in [0.29, 0.717) is 0 Å². The van der Waals surface area contributed by atoms with E-state index in [1.54, 1.807) is 0 Å². The van der Waals surface area contributed by atoms with Gasteiger partial charge in [-0.2, -0.15) is 0 Å². The molecule has 0 spiro atoms. The molecule has 88 valence electrons. The fourth-order valence-corrected chi connectivity index (χ4v) is 1.37. The van der Waals surface area contributed by atoms with Crippen LogP contribution in [0.25, 0.3) is 0 Å². The van der Waals surface area contributed by atoms with Gasteiger partial charge in [0.2, 0.25) is 0 Å². The quantitative estimate of drug-likeness (QED) is 0.707. The largest absolute Gasteiger partial charge is 0.292 e. The van der Waals surface area contributed by atoms with Gasteiger partial charge >= 0.3 is 0 Å². The van der Waals surface area contributed by atoms with Crippen LogP contribution in [0.1, 0.15) is 39.3 Å². The van der Waals surface area contributed by atoms with Crippen molar-refractivity contribution in [1.29, 1.82) is 0 Å². The van der Waals surface area contributed by atoms with E-state index >= 15 is 0 Å². The van der Waals surface area contributed by atoms with Crippen LogP contribution in [-0.4, -0.2) is 17.7 Å². The molecule has 0 saturated heterocycles. The second-order valence-corrected chi connectivity index (χ2v) is 3.12. The lowest BCUT2D eigenvalue weighted by molar-refractivity contribution is 0.949. The molecule has 0 fully saturated rings. The first-order chi connectivity index (χ1) is 7.79. The minimum absolute atomic E-state index is 0.261. The van der Waals surface area contributed by atoms with Crippen molar-refractivity contribution in [2.24, 2.45) is 4.99 Å². The lowest BCUT2D eigenvalue weighted by Gasteiger charge is -2.10. The highest BCUT2D eigenvalue weighted by atomic mass is 14.7. The molecule has 0 saturated carbocycles. The third-order valence-corrected chi connectivity index (χ3v) is 2.17. The van der Waals surface area contributed by atoms with Crippen LogP contribution in [0.15, 0.2) is 41.5 Å². The highest BCUT2D eigenvalue weighted by molar-refractivity contribution is 5.99. The maximum atomic E-state index is 4.32. The van der Waals surface area contributed by atoms with Crippen molar-refractivity contribution in [2.45, 2.75) is 33.6 Å². The Morgan fingerprint density at radius 3 is 2.50 bits per heavy atom. The molecule has 0 aromatic carbocycles. The zero-order valence-electron chi connectivity index (χ0n) is 10.9. The Labute approximate surface area is 99.1 Å². The Morgan fingerprint density at radius 2 is 2.06 bits per heavy atom. The Hall–Kier alpha value is -1.44. The number of aromatic nitrogens is 1. The molecule has 0 N–H and O–H groups in total. The van der Waals surface area contributed by atoms with Crippen molar-refractivity contribution in [1.82, 2.24) is 4.98 Å². The van der Waals surface area contributed by atoms with Crippen LogP contribution in [0, 0.1) is 0 Å². The number of pyridine rings is 1. The van der Waals surface area contributed by atoms with Gasteiger partial charge in [-0.1, -0.05) is 32.9 Å². The van der Waals surface area contributed by atoms with E-state index in [9.17, 15) is 0 Å². The molecule has 0 radical (unpaired) electrons. The molecule has 0 amide bonds. The van der Waals surface area contributed by atoms with Gasteiger partial charge in [0.1, 0.15) is 0 Å². The summed E-state index contributed by atoms with van der Waals surface area (Å²) in [5.74, 6) is 0.261. The van der Waals surface area contributed by atoms with Gasteiger partial charge in [0.05, 0.1) is 0 Å². The van der Waals surface area contributed by atoms with Gasteiger partial charge < -0.3 is 0 Å². The molecule has 1 heterocycles. The van der Waals surface area contributed by atoms with Crippen molar-refractivity contribution in [3.63, 3.8) is 0 Å². The smallest absolute Gasteiger partial charge is 0.0491 e. The molecule has 0 aliphatic rings.